The summed E-state index contributed by atoms with van der Waals surface area (Å²) in [6.45, 7) is 8.28. The first-order valence-corrected chi connectivity index (χ1v) is 7.74. The molecule has 2 rings (SSSR count). The Balaban J connectivity index is 1.99. The summed E-state index contributed by atoms with van der Waals surface area (Å²) in [5.74, 6) is 0.0755. The normalized spacial score (nSPS) is 18.9. The average molecular weight is 288 g/mol. The van der Waals surface area contributed by atoms with E-state index in [1.54, 1.807) is 24.3 Å². The van der Waals surface area contributed by atoms with Crippen LogP contribution in [-0.2, 0) is 0 Å². The minimum absolute atomic E-state index is 0.0755. The number of hydrogen-bond donors (Lipinski definition) is 0. The van der Waals surface area contributed by atoms with E-state index in [2.05, 4.69) is 26.8 Å². The Morgan fingerprint density at radius 3 is 2.55 bits per heavy atom. The quantitative estimate of drug-likeness (QED) is 0.838. The fraction of sp³-hybridized carbons (Fsp3) is 0.500. The Morgan fingerprint density at radius 1 is 1.35 bits per heavy atom. The first-order valence-electron chi connectivity index (χ1n) is 6.86. The van der Waals surface area contributed by atoms with Gasteiger partial charge in [-0.1, -0.05) is 20.8 Å². The van der Waals surface area contributed by atoms with Crippen LogP contribution in [0.25, 0.3) is 0 Å². The van der Waals surface area contributed by atoms with Gasteiger partial charge in [0.2, 0.25) is 0 Å². The summed E-state index contributed by atoms with van der Waals surface area (Å²) in [7, 11) is 0. The largest absolute Gasteiger partial charge is 0.337 e. The SMILES string of the molecule is CC(C)(C)SC1CCN(C(=O)c2ccc(C#N)cc2)C1. The minimum Gasteiger partial charge on any atom is -0.337 e. The van der Waals surface area contributed by atoms with Gasteiger partial charge in [0.05, 0.1) is 11.6 Å². The Bertz CT molecular complexity index is 525. The van der Waals surface area contributed by atoms with E-state index < -0.39 is 0 Å². The van der Waals surface area contributed by atoms with E-state index in [1.807, 2.05) is 16.7 Å². The average Bonchev–Trinajstić information content (AvgIpc) is 2.84. The van der Waals surface area contributed by atoms with Crippen molar-refractivity contribution >= 4 is 17.7 Å². The number of nitriles is 1. The predicted molar refractivity (Wildman–Crippen MR) is 82.8 cm³/mol. The second kappa shape index (κ2) is 5.88. The van der Waals surface area contributed by atoms with Crippen molar-refractivity contribution in [2.45, 2.75) is 37.2 Å². The smallest absolute Gasteiger partial charge is 0.253 e. The van der Waals surface area contributed by atoms with Crippen molar-refractivity contribution in [2.24, 2.45) is 0 Å². The number of carbonyl (C=O) groups is 1. The molecule has 1 saturated heterocycles. The Labute approximate surface area is 125 Å². The van der Waals surface area contributed by atoms with Crippen LogP contribution in [0.1, 0.15) is 43.1 Å². The molecule has 1 aliphatic rings. The van der Waals surface area contributed by atoms with Crippen LogP contribution < -0.4 is 0 Å². The summed E-state index contributed by atoms with van der Waals surface area (Å²) >= 11 is 1.95. The molecule has 1 aromatic rings. The van der Waals surface area contributed by atoms with E-state index in [0.29, 0.717) is 16.4 Å². The van der Waals surface area contributed by atoms with Gasteiger partial charge < -0.3 is 4.90 Å². The number of amides is 1. The van der Waals surface area contributed by atoms with Crippen molar-refractivity contribution in [3.63, 3.8) is 0 Å². The van der Waals surface area contributed by atoms with Crippen molar-refractivity contribution < 1.29 is 4.79 Å². The number of likely N-dealkylation sites (tertiary alicyclic amines) is 1. The molecule has 0 saturated carbocycles. The van der Waals surface area contributed by atoms with Gasteiger partial charge in [0.15, 0.2) is 0 Å². The Kier molecular flexibility index (Phi) is 4.39. The van der Waals surface area contributed by atoms with E-state index in [9.17, 15) is 4.79 Å². The van der Waals surface area contributed by atoms with Gasteiger partial charge in [-0.05, 0) is 30.7 Å². The highest BCUT2D eigenvalue weighted by molar-refractivity contribution is 8.01. The third kappa shape index (κ3) is 3.77. The van der Waals surface area contributed by atoms with Gasteiger partial charge in [0.1, 0.15) is 0 Å². The Morgan fingerprint density at radius 2 is 2.00 bits per heavy atom. The molecule has 1 fully saturated rings. The van der Waals surface area contributed by atoms with Gasteiger partial charge in [-0.3, -0.25) is 4.79 Å². The second-order valence-electron chi connectivity index (χ2n) is 6.08. The van der Waals surface area contributed by atoms with Crippen LogP contribution in [0.15, 0.2) is 24.3 Å². The van der Waals surface area contributed by atoms with Gasteiger partial charge >= 0.3 is 0 Å². The molecular weight excluding hydrogens is 268 g/mol. The van der Waals surface area contributed by atoms with E-state index in [4.69, 9.17) is 5.26 Å². The summed E-state index contributed by atoms with van der Waals surface area (Å²) in [6, 6.07) is 8.95. The summed E-state index contributed by atoms with van der Waals surface area (Å²) in [5, 5.41) is 9.30. The summed E-state index contributed by atoms with van der Waals surface area (Å²) in [5.41, 5.74) is 1.26. The molecule has 0 aromatic heterocycles. The molecule has 106 valence electrons. The molecule has 0 bridgehead atoms. The van der Waals surface area contributed by atoms with Crippen molar-refractivity contribution in [3.05, 3.63) is 35.4 Å². The molecule has 1 unspecified atom stereocenters. The van der Waals surface area contributed by atoms with Gasteiger partial charge in [0.25, 0.3) is 5.91 Å². The van der Waals surface area contributed by atoms with Gasteiger partial charge in [-0.2, -0.15) is 17.0 Å². The first kappa shape index (κ1) is 14.9. The fourth-order valence-corrected chi connectivity index (χ4v) is 3.86. The second-order valence-corrected chi connectivity index (χ2v) is 8.21. The van der Waals surface area contributed by atoms with Gasteiger partial charge in [-0.15, -0.1) is 0 Å². The monoisotopic (exact) mass is 288 g/mol. The highest BCUT2D eigenvalue weighted by Gasteiger charge is 2.30. The van der Waals surface area contributed by atoms with Crippen LogP contribution in [0, 0.1) is 11.3 Å². The highest BCUT2D eigenvalue weighted by atomic mass is 32.2. The van der Waals surface area contributed by atoms with Crippen molar-refractivity contribution in [1.82, 2.24) is 4.90 Å². The van der Waals surface area contributed by atoms with Crippen LogP contribution in [0.4, 0.5) is 0 Å². The number of benzene rings is 1. The highest BCUT2D eigenvalue weighted by Crippen LogP contribution is 2.33. The number of hydrogen-bond acceptors (Lipinski definition) is 3. The zero-order valence-corrected chi connectivity index (χ0v) is 13.0. The van der Waals surface area contributed by atoms with Crippen LogP contribution in [-0.4, -0.2) is 33.9 Å². The molecule has 1 amide bonds. The number of rotatable bonds is 2. The van der Waals surface area contributed by atoms with E-state index in [1.165, 1.54) is 0 Å². The van der Waals surface area contributed by atoms with Crippen LogP contribution in [0.2, 0.25) is 0 Å². The zero-order chi connectivity index (χ0) is 14.8. The lowest BCUT2D eigenvalue weighted by Gasteiger charge is -2.23. The van der Waals surface area contributed by atoms with Gasteiger partial charge in [0, 0.05) is 28.6 Å². The molecule has 0 aliphatic carbocycles. The summed E-state index contributed by atoms with van der Waals surface area (Å²) < 4.78 is 0.234. The molecule has 3 nitrogen and oxygen atoms in total. The van der Waals surface area contributed by atoms with Crippen molar-refractivity contribution in [2.75, 3.05) is 13.1 Å². The number of carbonyl (C=O) groups excluding carboxylic acids is 1. The molecule has 1 atom stereocenters. The molecule has 0 N–H and O–H groups in total. The maximum Gasteiger partial charge on any atom is 0.253 e. The van der Waals surface area contributed by atoms with Crippen LogP contribution in [0.3, 0.4) is 0 Å². The van der Waals surface area contributed by atoms with Crippen LogP contribution in [0.5, 0.6) is 0 Å². The molecular formula is C16H20N2OS. The third-order valence-electron chi connectivity index (χ3n) is 3.21. The maximum absolute atomic E-state index is 12.4. The topological polar surface area (TPSA) is 44.1 Å². The fourth-order valence-electron chi connectivity index (χ4n) is 2.38. The van der Waals surface area contributed by atoms with Crippen LogP contribution >= 0.6 is 11.8 Å². The molecule has 0 radical (unpaired) electrons. The standard InChI is InChI=1S/C16H20N2OS/c1-16(2,3)20-14-8-9-18(11-14)15(19)13-6-4-12(10-17)5-7-13/h4-7,14H,8-9,11H2,1-3H3. The van der Waals surface area contributed by atoms with Crippen molar-refractivity contribution in [3.8, 4) is 6.07 Å². The Hall–Kier alpha value is -1.47. The number of thioether (sulfide) groups is 1. The van der Waals surface area contributed by atoms with E-state index >= 15 is 0 Å². The number of nitrogens with zero attached hydrogens (tertiary/aromatic N) is 2. The lowest BCUT2D eigenvalue weighted by molar-refractivity contribution is 0.0793. The molecule has 1 aliphatic heterocycles. The molecule has 1 aromatic carbocycles. The van der Waals surface area contributed by atoms with Gasteiger partial charge in [-0.25, -0.2) is 0 Å². The maximum atomic E-state index is 12.4. The van der Waals surface area contributed by atoms with E-state index in [0.717, 1.165) is 19.5 Å². The molecule has 0 spiro atoms. The summed E-state index contributed by atoms with van der Waals surface area (Å²) in [6.07, 6.45) is 1.06. The predicted octanol–water partition coefficient (Wildman–Crippen LogP) is 3.30. The van der Waals surface area contributed by atoms with Crippen molar-refractivity contribution in [1.29, 1.82) is 5.26 Å². The lowest BCUT2D eigenvalue weighted by atomic mass is 10.1. The minimum atomic E-state index is 0.0755. The molecule has 4 heteroatoms. The first-order chi connectivity index (χ1) is 9.39. The van der Waals surface area contributed by atoms with E-state index in [-0.39, 0.29) is 10.7 Å². The molecule has 1 heterocycles. The molecule has 20 heavy (non-hydrogen) atoms. The lowest BCUT2D eigenvalue weighted by Crippen LogP contribution is -2.29. The third-order valence-corrected chi connectivity index (χ3v) is 4.64. The zero-order valence-electron chi connectivity index (χ0n) is 12.2. The summed E-state index contributed by atoms with van der Waals surface area (Å²) in [4.78, 5) is 14.3.